The van der Waals surface area contributed by atoms with Gasteiger partial charge in [0.15, 0.2) is 5.78 Å². The summed E-state index contributed by atoms with van der Waals surface area (Å²) >= 11 is 0. The van der Waals surface area contributed by atoms with E-state index >= 15 is 0 Å². The average molecular weight is 307 g/mol. The molecule has 0 atom stereocenters. The van der Waals surface area contributed by atoms with Crippen molar-refractivity contribution < 1.29 is 4.79 Å². The van der Waals surface area contributed by atoms with Gasteiger partial charge in [-0.25, -0.2) is 0 Å². The van der Waals surface area contributed by atoms with Crippen molar-refractivity contribution >= 4 is 18.2 Å². The third-order valence-electron chi connectivity index (χ3n) is 3.64. The van der Waals surface area contributed by atoms with E-state index in [0.717, 1.165) is 17.6 Å². The molecule has 1 aromatic rings. The maximum atomic E-state index is 12.9. The van der Waals surface area contributed by atoms with E-state index in [4.69, 9.17) is 5.73 Å². The Bertz CT molecular complexity index is 737. The molecule has 2 rings (SSSR count). The Balaban J connectivity index is 2.73. The lowest BCUT2D eigenvalue weighted by Crippen LogP contribution is -2.15. The molecular weight excluding hydrogens is 286 g/mol. The molecule has 0 spiro atoms. The van der Waals surface area contributed by atoms with Crippen molar-refractivity contribution in [1.29, 1.82) is 0 Å². The minimum absolute atomic E-state index is 0.0781. The van der Waals surface area contributed by atoms with Gasteiger partial charge in [0.25, 0.3) is 0 Å². The van der Waals surface area contributed by atoms with Crippen LogP contribution in [0.15, 0.2) is 74.9 Å². The molecule has 1 aromatic carbocycles. The second-order valence-electron chi connectivity index (χ2n) is 4.99. The van der Waals surface area contributed by atoms with Crippen LogP contribution < -0.4 is 5.73 Å². The number of ketones is 1. The highest BCUT2D eigenvalue weighted by Crippen LogP contribution is 2.36. The van der Waals surface area contributed by atoms with Crippen LogP contribution in [0.5, 0.6) is 0 Å². The summed E-state index contributed by atoms with van der Waals surface area (Å²) in [5.74, 6) is -0.0781. The van der Waals surface area contributed by atoms with E-state index in [1.807, 2.05) is 56.3 Å². The van der Waals surface area contributed by atoms with Crippen LogP contribution in [0.4, 0.5) is 0 Å². The molecule has 1 aliphatic rings. The maximum absolute atomic E-state index is 12.9. The Hall–Kier alpha value is -2.59. The molecule has 2 N–H and O–H groups in total. The summed E-state index contributed by atoms with van der Waals surface area (Å²) in [6, 6.07) is 9.54. The molecule has 0 saturated heterocycles. The number of hydrogen-bond acceptors (Lipinski definition) is 4. The highest BCUT2D eigenvalue weighted by atomic mass is 16.1. The number of nitrogens with two attached hydrogens (primary N) is 1. The average Bonchev–Trinajstić information content (AvgIpc) is 2.84. The summed E-state index contributed by atoms with van der Waals surface area (Å²) < 4.78 is 0. The van der Waals surface area contributed by atoms with Crippen molar-refractivity contribution in [3.8, 4) is 0 Å². The molecule has 0 unspecified atom stereocenters. The van der Waals surface area contributed by atoms with Gasteiger partial charge in [0.2, 0.25) is 0 Å². The van der Waals surface area contributed by atoms with Crippen LogP contribution in [-0.2, 0) is 4.79 Å². The summed E-state index contributed by atoms with van der Waals surface area (Å²) in [7, 11) is 0. The number of hydrogen-bond donors (Lipinski definition) is 1. The first-order valence-corrected chi connectivity index (χ1v) is 7.62. The second kappa shape index (κ2) is 7.61. The van der Waals surface area contributed by atoms with Gasteiger partial charge in [-0.05, 0) is 20.1 Å². The van der Waals surface area contributed by atoms with Crippen molar-refractivity contribution in [2.45, 2.75) is 20.3 Å². The quantitative estimate of drug-likeness (QED) is 0.670. The third-order valence-corrected chi connectivity index (χ3v) is 3.64. The van der Waals surface area contributed by atoms with Crippen LogP contribution in [0, 0.1) is 0 Å². The van der Waals surface area contributed by atoms with Gasteiger partial charge >= 0.3 is 0 Å². The monoisotopic (exact) mass is 307 g/mol. The molecule has 0 saturated carbocycles. The van der Waals surface area contributed by atoms with Crippen molar-refractivity contribution in [2.75, 3.05) is 6.67 Å². The largest absolute Gasteiger partial charge is 0.312 e. The van der Waals surface area contributed by atoms with Crippen LogP contribution in [0.1, 0.15) is 25.8 Å². The smallest absolute Gasteiger partial charge is 0.197 e. The van der Waals surface area contributed by atoms with Crippen LogP contribution in [0.2, 0.25) is 0 Å². The van der Waals surface area contributed by atoms with E-state index in [2.05, 4.69) is 16.7 Å². The van der Waals surface area contributed by atoms with E-state index in [-0.39, 0.29) is 12.5 Å². The third kappa shape index (κ3) is 3.12. The van der Waals surface area contributed by atoms with Gasteiger partial charge in [-0.15, -0.1) is 0 Å². The topological polar surface area (TPSA) is 67.8 Å². The van der Waals surface area contributed by atoms with Gasteiger partial charge < -0.3 is 5.73 Å². The molecule has 118 valence electrons. The zero-order valence-corrected chi connectivity index (χ0v) is 13.5. The van der Waals surface area contributed by atoms with Crippen LogP contribution in [0.25, 0.3) is 0 Å². The highest BCUT2D eigenvalue weighted by Gasteiger charge is 2.34. The van der Waals surface area contributed by atoms with Crippen molar-refractivity contribution in [3.63, 3.8) is 0 Å². The summed E-state index contributed by atoms with van der Waals surface area (Å²) in [6.45, 7) is 7.62. The normalized spacial score (nSPS) is 19.1. The fourth-order valence-corrected chi connectivity index (χ4v) is 2.71. The molecule has 0 heterocycles. The number of aliphatic imine (C=N–C) groups is 2. The fraction of sp³-hybridized carbons (Fsp3) is 0.211. The fourth-order valence-electron chi connectivity index (χ4n) is 2.71. The van der Waals surface area contributed by atoms with Crippen molar-refractivity contribution in [2.24, 2.45) is 15.7 Å². The van der Waals surface area contributed by atoms with E-state index in [0.29, 0.717) is 22.6 Å². The highest BCUT2D eigenvalue weighted by molar-refractivity contribution is 6.37. The second-order valence-corrected chi connectivity index (χ2v) is 4.99. The van der Waals surface area contributed by atoms with Gasteiger partial charge in [-0.2, -0.15) is 0 Å². The lowest BCUT2D eigenvalue weighted by atomic mass is 9.99. The minimum atomic E-state index is -0.0781. The molecule has 0 fully saturated rings. The lowest BCUT2D eigenvalue weighted by Gasteiger charge is -2.08. The van der Waals surface area contributed by atoms with Gasteiger partial charge in [-0.3, -0.25) is 14.8 Å². The molecule has 1 aliphatic carbocycles. The predicted molar refractivity (Wildman–Crippen MR) is 95.7 cm³/mol. The first-order valence-electron chi connectivity index (χ1n) is 7.62. The molecule has 23 heavy (non-hydrogen) atoms. The summed E-state index contributed by atoms with van der Waals surface area (Å²) in [5.41, 5.74) is 9.57. The Kier molecular flexibility index (Phi) is 5.55. The zero-order chi connectivity index (χ0) is 16.8. The van der Waals surface area contributed by atoms with Crippen LogP contribution in [-0.4, -0.2) is 24.9 Å². The van der Waals surface area contributed by atoms with E-state index in [1.54, 1.807) is 0 Å². The Morgan fingerprint density at radius 2 is 1.96 bits per heavy atom. The number of allylic oxidation sites excluding steroid dienone is 4. The van der Waals surface area contributed by atoms with E-state index in [1.165, 1.54) is 0 Å². The number of Topliss-reactive ketones (excluding diaryl/α,β-unsaturated/α-hetero) is 1. The van der Waals surface area contributed by atoms with Gasteiger partial charge in [-0.1, -0.05) is 49.4 Å². The summed E-state index contributed by atoms with van der Waals surface area (Å²) in [4.78, 5) is 21.4. The number of rotatable bonds is 5. The first-order chi connectivity index (χ1) is 11.2. The Morgan fingerprint density at radius 3 is 2.48 bits per heavy atom. The minimum Gasteiger partial charge on any atom is -0.312 e. The van der Waals surface area contributed by atoms with Crippen molar-refractivity contribution in [3.05, 3.63) is 70.5 Å². The van der Waals surface area contributed by atoms with Gasteiger partial charge in [0.1, 0.15) is 0 Å². The van der Waals surface area contributed by atoms with Gasteiger partial charge in [0, 0.05) is 16.7 Å². The molecule has 0 aliphatic heterocycles. The molecule has 0 aromatic heterocycles. The van der Waals surface area contributed by atoms with Crippen LogP contribution >= 0.6 is 0 Å². The number of nitrogens with zero attached hydrogens (tertiary/aromatic N) is 2. The van der Waals surface area contributed by atoms with Crippen LogP contribution in [0.3, 0.4) is 0 Å². The number of carbonyl (C=O) groups is 1. The number of carbonyl (C=O) groups excluding carboxylic acids is 1. The van der Waals surface area contributed by atoms with Crippen molar-refractivity contribution in [1.82, 2.24) is 0 Å². The molecule has 0 radical (unpaired) electrons. The predicted octanol–water partition coefficient (Wildman–Crippen LogP) is 3.21. The zero-order valence-electron chi connectivity index (χ0n) is 13.5. The standard InChI is InChI=1S/C19H21N3O/c1-4-9-15-14(5-2)19(23)16(18(15)21-3)17(22-12-20)13-10-7-6-8-11-13/h5-11H,3-4,12,20H2,1-2H3/b14-5+,15-9+,22-17-. The SMILES string of the molecule is C=NC1=C(C(=N\CN)/c2ccccc2)C(=O)C(=C/C)/C1=C\CC. The number of benzene rings is 1. The Morgan fingerprint density at radius 1 is 1.26 bits per heavy atom. The molecular formula is C19H21N3O. The molecule has 0 bridgehead atoms. The molecule has 4 nitrogen and oxygen atoms in total. The molecule has 0 amide bonds. The summed E-state index contributed by atoms with van der Waals surface area (Å²) in [5, 5.41) is 0. The van der Waals surface area contributed by atoms with Gasteiger partial charge in [0.05, 0.1) is 23.7 Å². The maximum Gasteiger partial charge on any atom is 0.197 e. The van der Waals surface area contributed by atoms with E-state index < -0.39 is 0 Å². The Labute approximate surface area is 136 Å². The lowest BCUT2D eigenvalue weighted by molar-refractivity contribution is -0.111. The first kappa shape index (κ1) is 16.8. The molecule has 4 heteroatoms. The summed E-state index contributed by atoms with van der Waals surface area (Å²) in [6.07, 6.45) is 4.61. The van der Waals surface area contributed by atoms with E-state index in [9.17, 15) is 4.79 Å².